The van der Waals surface area contributed by atoms with E-state index in [-0.39, 0.29) is 0 Å². The second-order valence-corrected chi connectivity index (χ2v) is 9.36. The van der Waals surface area contributed by atoms with Gasteiger partial charge < -0.3 is 0 Å². The van der Waals surface area contributed by atoms with Gasteiger partial charge >= 0.3 is 0 Å². The molecule has 0 heterocycles. The minimum atomic E-state index is 1.26. The highest BCUT2D eigenvalue weighted by molar-refractivity contribution is 6.26. The molecule has 0 saturated heterocycles. The maximum absolute atomic E-state index is 2.39. The van der Waals surface area contributed by atoms with Crippen LogP contribution in [0.25, 0.3) is 75.8 Å². The fourth-order valence-electron chi connectivity index (χ4n) is 6.01. The van der Waals surface area contributed by atoms with Crippen LogP contribution in [0.5, 0.6) is 0 Å². The molecule has 0 aromatic heterocycles. The quantitative estimate of drug-likeness (QED) is 0.228. The van der Waals surface area contributed by atoms with Gasteiger partial charge in [-0.05, 0) is 94.0 Å². The van der Waals surface area contributed by atoms with Crippen LogP contribution in [0.2, 0.25) is 0 Å². The van der Waals surface area contributed by atoms with E-state index in [4.69, 9.17) is 0 Å². The molecule has 8 aromatic rings. The van der Waals surface area contributed by atoms with Gasteiger partial charge in [0, 0.05) is 0 Å². The van der Waals surface area contributed by atoms with Crippen molar-refractivity contribution in [3.05, 3.63) is 121 Å². The highest BCUT2D eigenvalue weighted by Gasteiger charge is 2.12. The van der Waals surface area contributed by atoms with E-state index in [1.165, 1.54) is 75.8 Å². The third-order valence-electron chi connectivity index (χ3n) is 7.54. The first-order chi connectivity index (χ1) is 16.8. The average molecular weight is 429 g/mol. The summed E-state index contributed by atoms with van der Waals surface area (Å²) in [7, 11) is 0. The fourth-order valence-corrected chi connectivity index (χ4v) is 6.01. The Bertz CT molecular complexity index is 1960. The Balaban J connectivity index is 1.45. The second kappa shape index (κ2) is 6.56. The van der Waals surface area contributed by atoms with Crippen LogP contribution in [0.3, 0.4) is 0 Å². The van der Waals surface area contributed by atoms with Gasteiger partial charge in [-0.15, -0.1) is 0 Å². The van der Waals surface area contributed by atoms with Crippen LogP contribution in [-0.2, 0) is 0 Å². The third-order valence-corrected chi connectivity index (χ3v) is 7.54. The van der Waals surface area contributed by atoms with Crippen LogP contribution in [0.1, 0.15) is 0 Å². The molecule has 0 saturated carbocycles. The maximum Gasteiger partial charge on any atom is -0.00264 e. The van der Waals surface area contributed by atoms with E-state index in [0.29, 0.717) is 0 Å². The van der Waals surface area contributed by atoms with Crippen LogP contribution in [0.15, 0.2) is 121 Å². The zero-order valence-corrected chi connectivity index (χ0v) is 18.5. The molecule has 8 aromatic carbocycles. The highest BCUT2D eigenvalue weighted by Crippen LogP contribution is 2.40. The average Bonchev–Trinajstić information content (AvgIpc) is 2.91. The Morgan fingerprint density at radius 1 is 0.265 bits per heavy atom. The lowest BCUT2D eigenvalue weighted by Gasteiger charge is -2.14. The van der Waals surface area contributed by atoms with Crippen molar-refractivity contribution in [2.75, 3.05) is 0 Å². The molecule has 0 N–H and O–H groups in total. The Hall–Kier alpha value is -4.42. The zero-order chi connectivity index (χ0) is 22.2. The highest BCUT2D eigenvalue weighted by atomic mass is 14.2. The lowest BCUT2D eigenvalue weighted by molar-refractivity contribution is 1.70. The minimum absolute atomic E-state index is 1.26. The van der Waals surface area contributed by atoms with Crippen molar-refractivity contribution in [1.29, 1.82) is 0 Å². The van der Waals surface area contributed by atoms with Gasteiger partial charge in [-0.2, -0.15) is 0 Å². The van der Waals surface area contributed by atoms with Crippen molar-refractivity contribution in [3.8, 4) is 11.1 Å². The SMILES string of the molecule is c1cc2ccc3cc(-c4ccc5c6ccccc6c6ccccc6c5c4)cc4ccc(c1)c2c34. The predicted molar refractivity (Wildman–Crippen MR) is 148 cm³/mol. The van der Waals surface area contributed by atoms with Gasteiger partial charge in [-0.1, -0.05) is 103 Å². The van der Waals surface area contributed by atoms with Crippen molar-refractivity contribution in [3.63, 3.8) is 0 Å². The summed E-state index contributed by atoms with van der Waals surface area (Å²) in [6, 6.07) is 44.9. The predicted octanol–water partition coefficient (Wildman–Crippen LogP) is 9.71. The van der Waals surface area contributed by atoms with E-state index >= 15 is 0 Å². The Labute approximate surface area is 197 Å². The molecule has 8 rings (SSSR count). The Morgan fingerprint density at radius 3 is 1.32 bits per heavy atom. The van der Waals surface area contributed by atoms with Crippen LogP contribution in [-0.4, -0.2) is 0 Å². The minimum Gasteiger partial charge on any atom is -0.0616 e. The number of rotatable bonds is 1. The first-order valence-corrected chi connectivity index (χ1v) is 11.9. The molecule has 0 bridgehead atoms. The molecular formula is C34H20. The molecule has 156 valence electrons. The number of hydrogen-bond acceptors (Lipinski definition) is 0. The topological polar surface area (TPSA) is 0 Å². The van der Waals surface area contributed by atoms with Crippen LogP contribution in [0, 0.1) is 0 Å². The number of hydrogen-bond donors (Lipinski definition) is 0. The molecule has 34 heavy (non-hydrogen) atoms. The summed E-state index contributed by atoms with van der Waals surface area (Å²) >= 11 is 0. The lowest BCUT2D eigenvalue weighted by Crippen LogP contribution is -1.87. The normalized spacial score (nSPS) is 12.1. The van der Waals surface area contributed by atoms with Gasteiger partial charge in [0.05, 0.1) is 0 Å². The molecule has 0 amide bonds. The summed E-state index contributed by atoms with van der Waals surface area (Å²) in [5.41, 5.74) is 2.53. The molecule has 0 aliphatic heterocycles. The van der Waals surface area contributed by atoms with Crippen molar-refractivity contribution in [2.45, 2.75) is 0 Å². The van der Waals surface area contributed by atoms with Crippen molar-refractivity contribution in [1.82, 2.24) is 0 Å². The second-order valence-electron chi connectivity index (χ2n) is 9.36. The molecule has 0 heteroatoms. The van der Waals surface area contributed by atoms with E-state index in [9.17, 15) is 0 Å². The van der Waals surface area contributed by atoms with Gasteiger partial charge in [0.2, 0.25) is 0 Å². The molecule has 0 atom stereocenters. The van der Waals surface area contributed by atoms with E-state index in [0.717, 1.165) is 0 Å². The monoisotopic (exact) mass is 428 g/mol. The van der Waals surface area contributed by atoms with Gasteiger partial charge in [0.1, 0.15) is 0 Å². The number of benzene rings is 8. The van der Waals surface area contributed by atoms with Gasteiger partial charge in [-0.3, -0.25) is 0 Å². The largest absolute Gasteiger partial charge is 0.0616 e. The molecule has 0 spiro atoms. The molecule has 0 fully saturated rings. The molecule has 0 aliphatic rings. The van der Waals surface area contributed by atoms with Crippen molar-refractivity contribution < 1.29 is 0 Å². The Morgan fingerprint density at radius 2 is 0.735 bits per heavy atom. The van der Waals surface area contributed by atoms with Gasteiger partial charge in [0.25, 0.3) is 0 Å². The summed E-state index contributed by atoms with van der Waals surface area (Å²) < 4.78 is 0. The Kier molecular flexibility index (Phi) is 3.48. The molecule has 0 radical (unpaired) electrons. The summed E-state index contributed by atoms with van der Waals surface area (Å²) in [4.78, 5) is 0. The lowest BCUT2D eigenvalue weighted by atomic mass is 9.89. The van der Waals surface area contributed by atoms with Crippen LogP contribution >= 0.6 is 0 Å². The van der Waals surface area contributed by atoms with Gasteiger partial charge in [0.15, 0.2) is 0 Å². The summed E-state index contributed by atoms with van der Waals surface area (Å²) in [5.74, 6) is 0. The van der Waals surface area contributed by atoms with Gasteiger partial charge in [-0.25, -0.2) is 0 Å². The zero-order valence-electron chi connectivity index (χ0n) is 18.5. The van der Waals surface area contributed by atoms with Crippen LogP contribution < -0.4 is 0 Å². The smallest absolute Gasteiger partial charge is 0.00264 e. The van der Waals surface area contributed by atoms with Crippen LogP contribution in [0.4, 0.5) is 0 Å². The molecule has 0 unspecified atom stereocenters. The fraction of sp³-hybridized carbons (Fsp3) is 0. The van der Waals surface area contributed by atoms with E-state index in [1.54, 1.807) is 0 Å². The third kappa shape index (κ3) is 2.37. The van der Waals surface area contributed by atoms with Crippen molar-refractivity contribution >= 4 is 64.6 Å². The van der Waals surface area contributed by atoms with E-state index < -0.39 is 0 Å². The van der Waals surface area contributed by atoms with E-state index in [1.807, 2.05) is 0 Å². The maximum atomic E-state index is 2.39. The molecule has 0 nitrogen and oxygen atoms in total. The van der Waals surface area contributed by atoms with Crippen molar-refractivity contribution in [2.24, 2.45) is 0 Å². The summed E-state index contributed by atoms with van der Waals surface area (Å²) in [6.45, 7) is 0. The summed E-state index contributed by atoms with van der Waals surface area (Å²) in [6.07, 6.45) is 0. The molecular weight excluding hydrogens is 408 g/mol. The standard InChI is InChI=1S/C34H20/c1-2-10-29-27(8-1)28-9-3-4-11-30(28)32-20-23(16-17-31(29)32)26-18-24-14-12-21-6-5-7-22-13-15-25(19-26)34(24)33(21)22/h1-20H. The molecule has 0 aliphatic carbocycles. The van der Waals surface area contributed by atoms with E-state index in [2.05, 4.69) is 121 Å². The first kappa shape index (κ1) is 18.1. The number of fused-ring (bicyclic) bond motifs is 6. The summed E-state index contributed by atoms with van der Waals surface area (Å²) in [5, 5.41) is 15.9. The first-order valence-electron chi connectivity index (χ1n) is 11.9.